The minimum atomic E-state index is -3.79. The zero-order chi connectivity index (χ0) is 17.6. The predicted octanol–water partition coefficient (Wildman–Crippen LogP) is 0.810. The smallest absolute Gasteiger partial charge is 0.243 e. The maximum atomic E-state index is 14.0. The summed E-state index contributed by atoms with van der Waals surface area (Å²) in [5.41, 5.74) is -0.0597. The summed E-state index contributed by atoms with van der Waals surface area (Å²) in [4.78, 5) is 13.4. The average molecular weight is 343 g/mol. The number of likely N-dealkylation sites (N-methyl/N-ethyl adjacent to an activating group) is 1. The summed E-state index contributed by atoms with van der Waals surface area (Å²) >= 11 is 0. The Kier molecular flexibility index (Phi) is 6.86. The van der Waals surface area contributed by atoms with Gasteiger partial charge in [0.05, 0.1) is 4.90 Å². The van der Waals surface area contributed by atoms with Crippen LogP contribution in [-0.2, 0) is 21.4 Å². The van der Waals surface area contributed by atoms with Gasteiger partial charge in [0.15, 0.2) is 0 Å². The molecule has 0 aliphatic carbocycles. The molecule has 0 aliphatic heterocycles. The molecule has 1 rings (SSSR count). The number of rotatable bonds is 7. The molecule has 0 heterocycles. The van der Waals surface area contributed by atoms with Crippen LogP contribution in [-0.4, -0.2) is 58.3 Å². The van der Waals surface area contributed by atoms with Crippen LogP contribution < -0.4 is 5.32 Å². The first-order valence-electron chi connectivity index (χ1n) is 6.95. The van der Waals surface area contributed by atoms with Gasteiger partial charge in [-0.2, -0.15) is 0 Å². The number of hydrogen-bond acceptors (Lipinski definition) is 4. The molecule has 0 aliphatic rings. The molecule has 0 unspecified atom stereocenters. The monoisotopic (exact) mass is 343 g/mol. The third kappa shape index (κ3) is 5.42. The van der Waals surface area contributed by atoms with Gasteiger partial charge in [0.1, 0.15) is 5.82 Å². The Morgan fingerprint density at radius 1 is 1.26 bits per heavy atom. The maximum absolute atomic E-state index is 14.0. The topological polar surface area (TPSA) is 69.7 Å². The molecule has 0 saturated heterocycles. The van der Waals surface area contributed by atoms with Crippen molar-refractivity contribution in [1.82, 2.24) is 14.5 Å². The highest BCUT2D eigenvalue weighted by Gasteiger charge is 2.23. The van der Waals surface area contributed by atoms with Crippen LogP contribution in [0.2, 0.25) is 0 Å². The van der Waals surface area contributed by atoms with Crippen molar-refractivity contribution in [3.8, 4) is 0 Å². The van der Waals surface area contributed by atoms with Crippen molar-refractivity contribution in [2.24, 2.45) is 0 Å². The highest BCUT2D eigenvalue weighted by Crippen LogP contribution is 2.21. The molecule has 1 aromatic rings. The SMILES string of the molecule is CN(C)C/C=C/C(=O)NCc1c(F)cccc1S(=O)(=O)N(C)C. The fraction of sp³-hybridized carbons (Fsp3) is 0.400. The average Bonchev–Trinajstić information content (AvgIpc) is 2.45. The van der Waals surface area contributed by atoms with E-state index in [-0.39, 0.29) is 17.0 Å². The van der Waals surface area contributed by atoms with Gasteiger partial charge in [0.2, 0.25) is 15.9 Å². The third-order valence-electron chi connectivity index (χ3n) is 3.01. The van der Waals surface area contributed by atoms with Crippen molar-refractivity contribution in [3.63, 3.8) is 0 Å². The largest absolute Gasteiger partial charge is 0.348 e. The van der Waals surface area contributed by atoms with Crippen molar-refractivity contribution >= 4 is 15.9 Å². The van der Waals surface area contributed by atoms with Crippen LogP contribution >= 0.6 is 0 Å². The normalized spacial score (nSPS) is 12.3. The van der Waals surface area contributed by atoms with E-state index in [4.69, 9.17) is 0 Å². The van der Waals surface area contributed by atoms with Gasteiger partial charge in [-0.05, 0) is 26.2 Å². The fourth-order valence-corrected chi connectivity index (χ4v) is 2.88. The number of nitrogens with one attached hydrogen (secondary N) is 1. The molecule has 6 nitrogen and oxygen atoms in total. The molecule has 0 fully saturated rings. The molecule has 8 heteroatoms. The van der Waals surface area contributed by atoms with Gasteiger partial charge in [-0.1, -0.05) is 12.1 Å². The number of carbonyl (C=O) groups excluding carboxylic acids is 1. The molecular formula is C15H22FN3O3S. The van der Waals surface area contributed by atoms with Crippen LogP contribution in [0.25, 0.3) is 0 Å². The Morgan fingerprint density at radius 3 is 2.48 bits per heavy atom. The Bertz CT molecular complexity index is 685. The van der Waals surface area contributed by atoms with Crippen molar-refractivity contribution < 1.29 is 17.6 Å². The van der Waals surface area contributed by atoms with Gasteiger partial charge in [-0.25, -0.2) is 17.1 Å². The number of hydrogen-bond donors (Lipinski definition) is 1. The van der Waals surface area contributed by atoms with E-state index in [0.29, 0.717) is 6.54 Å². The van der Waals surface area contributed by atoms with E-state index >= 15 is 0 Å². The van der Waals surface area contributed by atoms with E-state index in [1.807, 2.05) is 19.0 Å². The molecular weight excluding hydrogens is 321 g/mol. The Hall–Kier alpha value is -1.77. The lowest BCUT2D eigenvalue weighted by molar-refractivity contribution is -0.116. The number of sulfonamides is 1. The maximum Gasteiger partial charge on any atom is 0.243 e. The first kappa shape index (κ1) is 19.3. The Labute approximate surface area is 136 Å². The quantitative estimate of drug-likeness (QED) is 0.744. The minimum Gasteiger partial charge on any atom is -0.348 e. The van der Waals surface area contributed by atoms with Gasteiger partial charge < -0.3 is 10.2 Å². The molecule has 0 aromatic heterocycles. The van der Waals surface area contributed by atoms with Crippen LogP contribution in [0, 0.1) is 5.82 Å². The zero-order valence-electron chi connectivity index (χ0n) is 13.7. The first-order valence-corrected chi connectivity index (χ1v) is 8.39. The second-order valence-electron chi connectivity index (χ2n) is 5.39. The third-order valence-corrected chi connectivity index (χ3v) is 4.91. The summed E-state index contributed by atoms with van der Waals surface area (Å²) in [7, 11) is 2.67. The van der Waals surface area contributed by atoms with Crippen molar-refractivity contribution in [2.75, 3.05) is 34.7 Å². The molecule has 1 aromatic carbocycles. The number of benzene rings is 1. The van der Waals surface area contributed by atoms with Gasteiger partial charge >= 0.3 is 0 Å². The lowest BCUT2D eigenvalue weighted by atomic mass is 10.2. The predicted molar refractivity (Wildman–Crippen MR) is 86.8 cm³/mol. The highest BCUT2D eigenvalue weighted by atomic mass is 32.2. The molecule has 23 heavy (non-hydrogen) atoms. The van der Waals surface area contributed by atoms with E-state index in [9.17, 15) is 17.6 Å². The standard InChI is InChI=1S/C15H22FN3O3S/c1-18(2)10-6-9-15(20)17-11-12-13(16)7-5-8-14(12)23(21,22)19(3)4/h5-9H,10-11H2,1-4H3,(H,17,20)/b9-6+. The summed E-state index contributed by atoms with van der Waals surface area (Å²) in [6, 6.07) is 3.81. The molecule has 0 bridgehead atoms. The highest BCUT2D eigenvalue weighted by molar-refractivity contribution is 7.89. The molecule has 0 spiro atoms. The van der Waals surface area contributed by atoms with Crippen LogP contribution in [0.3, 0.4) is 0 Å². The molecule has 1 amide bonds. The Balaban J connectivity index is 2.93. The summed E-state index contributed by atoms with van der Waals surface area (Å²) in [5.74, 6) is -1.09. The van der Waals surface area contributed by atoms with E-state index in [1.165, 1.54) is 32.3 Å². The van der Waals surface area contributed by atoms with Crippen molar-refractivity contribution in [1.29, 1.82) is 0 Å². The second kappa shape index (κ2) is 8.19. The molecule has 1 N–H and O–H groups in total. The van der Waals surface area contributed by atoms with Gasteiger partial charge in [0, 0.05) is 38.8 Å². The summed E-state index contributed by atoms with van der Waals surface area (Å²) in [6.07, 6.45) is 3.00. The molecule has 128 valence electrons. The van der Waals surface area contributed by atoms with E-state index in [1.54, 1.807) is 6.08 Å². The van der Waals surface area contributed by atoms with Crippen LogP contribution in [0.1, 0.15) is 5.56 Å². The lowest BCUT2D eigenvalue weighted by Crippen LogP contribution is -2.27. The van der Waals surface area contributed by atoms with Crippen LogP contribution in [0.5, 0.6) is 0 Å². The van der Waals surface area contributed by atoms with Gasteiger partial charge in [0.25, 0.3) is 0 Å². The number of halogens is 1. The van der Waals surface area contributed by atoms with Crippen LogP contribution in [0.4, 0.5) is 4.39 Å². The number of amides is 1. The molecule has 0 atom stereocenters. The second-order valence-corrected chi connectivity index (χ2v) is 7.51. The van der Waals surface area contributed by atoms with Crippen molar-refractivity contribution in [3.05, 3.63) is 41.7 Å². The fourth-order valence-electron chi connectivity index (χ4n) is 1.75. The summed E-state index contributed by atoms with van der Waals surface area (Å²) < 4.78 is 39.4. The van der Waals surface area contributed by atoms with E-state index in [2.05, 4.69) is 5.32 Å². The molecule has 0 radical (unpaired) electrons. The lowest BCUT2D eigenvalue weighted by Gasteiger charge is -2.15. The summed E-state index contributed by atoms with van der Waals surface area (Å²) in [5, 5.41) is 2.50. The summed E-state index contributed by atoms with van der Waals surface area (Å²) in [6.45, 7) is 0.383. The van der Waals surface area contributed by atoms with Crippen LogP contribution in [0.15, 0.2) is 35.2 Å². The first-order chi connectivity index (χ1) is 10.7. The number of nitrogens with zero attached hydrogens (tertiary/aromatic N) is 2. The van der Waals surface area contributed by atoms with Crippen molar-refractivity contribution in [2.45, 2.75) is 11.4 Å². The van der Waals surface area contributed by atoms with E-state index < -0.39 is 21.7 Å². The minimum absolute atomic E-state index is 0.0597. The molecule has 0 saturated carbocycles. The Morgan fingerprint density at radius 2 is 1.91 bits per heavy atom. The zero-order valence-corrected chi connectivity index (χ0v) is 14.5. The van der Waals surface area contributed by atoms with E-state index in [0.717, 1.165) is 10.4 Å². The number of carbonyl (C=O) groups is 1. The van der Waals surface area contributed by atoms with Gasteiger partial charge in [-0.3, -0.25) is 4.79 Å². The van der Waals surface area contributed by atoms with Gasteiger partial charge in [-0.15, -0.1) is 0 Å².